The van der Waals surface area contributed by atoms with Crippen molar-refractivity contribution in [3.63, 3.8) is 0 Å². The fourth-order valence-corrected chi connectivity index (χ4v) is 3.00. The molecule has 2 fully saturated rings. The normalized spacial score (nSPS) is 33.5. The van der Waals surface area contributed by atoms with Crippen LogP contribution in [0, 0.1) is 5.92 Å². The molecule has 0 spiro atoms. The van der Waals surface area contributed by atoms with Crippen molar-refractivity contribution in [1.29, 1.82) is 0 Å². The summed E-state index contributed by atoms with van der Waals surface area (Å²) in [5, 5.41) is 0. The number of hydrogen-bond donors (Lipinski definition) is 0. The number of hydrogen-bond acceptors (Lipinski definition) is 1. The Kier molecular flexibility index (Phi) is 3.26. The van der Waals surface area contributed by atoms with Gasteiger partial charge in [-0.2, -0.15) is 0 Å². The highest BCUT2D eigenvalue weighted by Crippen LogP contribution is 2.26. The molecule has 2 aliphatic rings. The van der Waals surface area contributed by atoms with Crippen LogP contribution in [0.2, 0.25) is 0 Å². The Labute approximate surface area is 82.5 Å². The fraction of sp³-hybridized carbons (Fsp3) is 1.00. The van der Waals surface area contributed by atoms with Gasteiger partial charge in [0.25, 0.3) is 0 Å². The molecular formula is C12H23N. The van der Waals surface area contributed by atoms with Crippen LogP contribution in [0.4, 0.5) is 0 Å². The molecule has 2 rings (SSSR count). The number of likely N-dealkylation sites (tertiary alicyclic amines) is 1. The van der Waals surface area contributed by atoms with Crippen LogP contribution in [0.3, 0.4) is 0 Å². The predicted molar refractivity (Wildman–Crippen MR) is 56.8 cm³/mol. The van der Waals surface area contributed by atoms with Crippen LogP contribution in [-0.4, -0.2) is 24.0 Å². The summed E-state index contributed by atoms with van der Waals surface area (Å²) in [4.78, 5) is 2.77. The predicted octanol–water partition coefficient (Wildman–Crippen LogP) is 3.05. The Morgan fingerprint density at radius 3 is 2.38 bits per heavy atom. The van der Waals surface area contributed by atoms with Gasteiger partial charge in [-0.25, -0.2) is 0 Å². The summed E-state index contributed by atoms with van der Waals surface area (Å²) in [5.74, 6) is 0.954. The molecule has 0 bridgehead atoms. The molecule has 0 radical (unpaired) electrons. The standard InChI is InChI=1S/C12H23N/c1-11-6-5-9-13(10-11)12-7-3-2-4-8-12/h11-12H,2-10H2,1H3/t11-/m0/s1. The van der Waals surface area contributed by atoms with Crippen LogP contribution in [0.1, 0.15) is 51.9 Å². The number of nitrogens with zero attached hydrogens (tertiary/aromatic N) is 1. The summed E-state index contributed by atoms with van der Waals surface area (Å²) < 4.78 is 0. The summed E-state index contributed by atoms with van der Waals surface area (Å²) >= 11 is 0. The Balaban J connectivity index is 1.83. The topological polar surface area (TPSA) is 3.24 Å². The molecule has 0 unspecified atom stereocenters. The first-order valence-corrected chi connectivity index (χ1v) is 6.10. The Hall–Kier alpha value is -0.0400. The van der Waals surface area contributed by atoms with Crippen molar-refractivity contribution in [3.8, 4) is 0 Å². The average Bonchev–Trinajstić information content (AvgIpc) is 2.19. The van der Waals surface area contributed by atoms with Crippen LogP contribution in [-0.2, 0) is 0 Å². The largest absolute Gasteiger partial charge is 0.300 e. The van der Waals surface area contributed by atoms with Crippen LogP contribution in [0.5, 0.6) is 0 Å². The average molecular weight is 181 g/mol. The summed E-state index contributed by atoms with van der Waals surface area (Å²) in [6.45, 7) is 5.18. The molecular weight excluding hydrogens is 158 g/mol. The third-order valence-electron chi connectivity index (χ3n) is 3.78. The third-order valence-corrected chi connectivity index (χ3v) is 3.78. The number of piperidine rings is 1. The smallest absolute Gasteiger partial charge is 0.00953 e. The highest BCUT2D eigenvalue weighted by molar-refractivity contribution is 4.79. The molecule has 0 aromatic rings. The first-order valence-electron chi connectivity index (χ1n) is 6.10. The number of rotatable bonds is 1. The van der Waals surface area contributed by atoms with E-state index in [0.717, 1.165) is 12.0 Å². The quantitative estimate of drug-likeness (QED) is 0.601. The van der Waals surface area contributed by atoms with Gasteiger partial charge in [-0.15, -0.1) is 0 Å². The van der Waals surface area contributed by atoms with Crippen LogP contribution >= 0.6 is 0 Å². The Morgan fingerprint density at radius 1 is 0.923 bits per heavy atom. The van der Waals surface area contributed by atoms with E-state index in [1.165, 1.54) is 58.0 Å². The summed E-state index contributed by atoms with van der Waals surface area (Å²) in [5.41, 5.74) is 0. The molecule has 0 aromatic carbocycles. The van der Waals surface area contributed by atoms with Gasteiger partial charge in [0.1, 0.15) is 0 Å². The van der Waals surface area contributed by atoms with E-state index < -0.39 is 0 Å². The zero-order chi connectivity index (χ0) is 9.10. The second kappa shape index (κ2) is 4.45. The van der Waals surface area contributed by atoms with Crippen molar-refractivity contribution in [1.82, 2.24) is 4.90 Å². The fourth-order valence-electron chi connectivity index (χ4n) is 3.00. The van der Waals surface area contributed by atoms with Crippen LogP contribution < -0.4 is 0 Å². The van der Waals surface area contributed by atoms with E-state index in [2.05, 4.69) is 11.8 Å². The van der Waals surface area contributed by atoms with Crippen LogP contribution in [0.15, 0.2) is 0 Å². The molecule has 1 nitrogen and oxygen atoms in total. The SMILES string of the molecule is C[C@H]1CCCN(C2CCCCC2)C1. The third kappa shape index (κ3) is 2.46. The second-order valence-corrected chi connectivity index (χ2v) is 5.03. The molecule has 0 N–H and O–H groups in total. The summed E-state index contributed by atoms with van der Waals surface area (Å²) in [7, 11) is 0. The second-order valence-electron chi connectivity index (χ2n) is 5.03. The lowest BCUT2D eigenvalue weighted by Crippen LogP contribution is -2.42. The zero-order valence-electron chi connectivity index (χ0n) is 8.97. The van der Waals surface area contributed by atoms with E-state index >= 15 is 0 Å². The molecule has 1 saturated heterocycles. The molecule has 76 valence electrons. The first kappa shape index (κ1) is 9.51. The van der Waals surface area contributed by atoms with Gasteiger partial charge in [0, 0.05) is 12.6 Å². The zero-order valence-corrected chi connectivity index (χ0v) is 8.97. The van der Waals surface area contributed by atoms with E-state index in [9.17, 15) is 0 Å². The van der Waals surface area contributed by atoms with Gasteiger partial charge in [-0.3, -0.25) is 0 Å². The monoisotopic (exact) mass is 181 g/mol. The van der Waals surface area contributed by atoms with Crippen molar-refractivity contribution in [2.75, 3.05) is 13.1 Å². The minimum absolute atomic E-state index is 0.954. The summed E-state index contributed by atoms with van der Waals surface area (Å²) in [6, 6.07) is 0.955. The lowest BCUT2D eigenvalue weighted by Gasteiger charge is -2.39. The molecule has 1 aliphatic carbocycles. The maximum Gasteiger partial charge on any atom is 0.00953 e. The van der Waals surface area contributed by atoms with Gasteiger partial charge in [0.05, 0.1) is 0 Å². The van der Waals surface area contributed by atoms with E-state index in [1.54, 1.807) is 0 Å². The highest BCUT2D eigenvalue weighted by Gasteiger charge is 2.24. The molecule has 13 heavy (non-hydrogen) atoms. The van der Waals surface area contributed by atoms with Crippen molar-refractivity contribution in [2.45, 2.75) is 57.9 Å². The van der Waals surface area contributed by atoms with Gasteiger partial charge in [-0.05, 0) is 38.1 Å². The van der Waals surface area contributed by atoms with Gasteiger partial charge >= 0.3 is 0 Å². The van der Waals surface area contributed by atoms with Gasteiger partial charge in [0.2, 0.25) is 0 Å². The maximum absolute atomic E-state index is 2.77. The van der Waals surface area contributed by atoms with E-state index in [4.69, 9.17) is 0 Å². The maximum atomic E-state index is 2.77. The van der Waals surface area contributed by atoms with Gasteiger partial charge in [-0.1, -0.05) is 26.2 Å². The minimum atomic E-state index is 0.954. The van der Waals surface area contributed by atoms with E-state index in [-0.39, 0.29) is 0 Å². The highest BCUT2D eigenvalue weighted by atomic mass is 15.2. The molecule has 1 heterocycles. The van der Waals surface area contributed by atoms with Crippen LogP contribution in [0.25, 0.3) is 0 Å². The van der Waals surface area contributed by atoms with Crippen molar-refractivity contribution >= 4 is 0 Å². The Bertz CT molecular complexity index is 149. The van der Waals surface area contributed by atoms with E-state index in [1.807, 2.05) is 0 Å². The van der Waals surface area contributed by atoms with Crippen molar-refractivity contribution in [2.24, 2.45) is 5.92 Å². The molecule has 1 aliphatic heterocycles. The van der Waals surface area contributed by atoms with Gasteiger partial charge < -0.3 is 4.90 Å². The molecule has 1 saturated carbocycles. The first-order chi connectivity index (χ1) is 6.36. The van der Waals surface area contributed by atoms with Crippen molar-refractivity contribution in [3.05, 3.63) is 0 Å². The molecule has 0 aromatic heterocycles. The molecule has 1 heteroatoms. The summed E-state index contributed by atoms with van der Waals surface area (Å²) in [6.07, 6.45) is 10.3. The van der Waals surface area contributed by atoms with Crippen molar-refractivity contribution < 1.29 is 0 Å². The van der Waals surface area contributed by atoms with E-state index in [0.29, 0.717) is 0 Å². The lowest BCUT2D eigenvalue weighted by atomic mass is 9.91. The minimum Gasteiger partial charge on any atom is -0.300 e. The Morgan fingerprint density at radius 2 is 1.69 bits per heavy atom. The molecule has 0 amide bonds. The lowest BCUT2D eigenvalue weighted by molar-refractivity contribution is 0.104. The van der Waals surface area contributed by atoms with Gasteiger partial charge in [0.15, 0.2) is 0 Å². The molecule has 1 atom stereocenters.